The summed E-state index contributed by atoms with van der Waals surface area (Å²) in [5, 5.41) is 6.64. The van der Waals surface area contributed by atoms with Crippen LogP contribution in [0.1, 0.15) is 21.6 Å². The number of carbonyl (C=O) groups is 1. The molecule has 0 aliphatic rings. The van der Waals surface area contributed by atoms with Crippen molar-refractivity contribution in [3.05, 3.63) is 41.2 Å². The Morgan fingerprint density at radius 3 is 2.57 bits per heavy atom. The minimum Gasteiger partial charge on any atom is -0.493 e. The van der Waals surface area contributed by atoms with Crippen LogP contribution in [0.4, 0.5) is 0 Å². The lowest BCUT2D eigenvalue weighted by Gasteiger charge is -2.18. The molecular formula is C15H19N3O3. The monoisotopic (exact) mass is 289 g/mol. The number of hydrogen-bond donors (Lipinski definition) is 1. The third-order valence-corrected chi connectivity index (χ3v) is 3.27. The number of hydrogen-bond acceptors (Lipinski definition) is 4. The number of ether oxygens (including phenoxy) is 2. The van der Waals surface area contributed by atoms with E-state index >= 15 is 0 Å². The first kappa shape index (κ1) is 14.9. The molecule has 0 aliphatic carbocycles. The van der Waals surface area contributed by atoms with Gasteiger partial charge in [-0.1, -0.05) is 6.07 Å². The lowest BCUT2D eigenvalue weighted by molar-refractivity contribution is 0.0784. The second-order valence-corrected chi connectivity index (χ2v) is 4.76. The zero-order valence-corrected chi connectivity index (χ0v) is 12.6. The highest BCUT2D eigenvalue weighted by Gasteiger charge is 2.16. The van der Waals surface area contributed by atoms with Gasteiger partial charge < -0.3 is 14.4 Å². The third kappa shape index (κ3) is 3.16. The van der Waals surface area contributed by atoms with Crippen LogP contribution in [-0.4, -0.2) is 42.3 Å². The number of aromatic nitrogens is 2. The van der Waals surface area contributed by atoms with Crippen molar-refractivity contribution in [1.29, 1.82) is 0 Å². The Balaban J connectivity index is 2.14. The summed E-state index contributed by atoms with van der Waals surface area (Å²) in [6.07, 6.45) is 1.54. The summed E-state index contributed by atoms with van der Waals surface area (Å²) in [6.45, 7) is 2.30. The van der Waals surface area contributed by atoms with Crippen molar-refractivity contribution in [3.63, 3.8) is 0 Å². The van der Waals surface area contributed by atoms with Gasteiger partial charge in [0.2, 0.25) is 0 Å². The summed E-state index contributed by atoms with van der Waals surface area (Å²) in [6, 6.07) is 5.60. The molecule has 1 aromatic heterocycles. The van der Waals surface area contributed by atoms with E-state index in [1.165, 1.54) is 0 Å². The second-order valence-electron chi connectivity index (χ2n) is 4.76. The van der Waals surface area contributed by atoms with Crippen LogP contribution in [0.15, 0.2) is 24.4 Å². The predicted molar refractivity (Wildman–Crippen MR) is 78.7 cm³/mol. The Hall–Kier alpha value is -2.50. The maximum absolute atomic E-state index is 12.3. The number of amides is 1. The van der Waals surface area contributed by atoms with Crippen LogP contribution in [0.5, 0.6) is 11.5 Å². The Morgan fingerprint density at radius 1 is 1.29 bits per heavy atom. The predicted octanol–water partition coefficient (Wildman–Crippen LogP) is 2.01. The van der Waals surface area contributed by atoms with Gasteiger partial charge in [-0.15, -0.1) is 0 Å². The summed E-state index contributed by atoms with van der Waals surface area (Å²) in [7, 11) is 4.94. The van der Waals surface area contributed by atoms with Crippen LogP contribution >= 0.6 is 0 Å². The normalized spacial score (nSPS) is 10.3. The van der Waals surface area contributed by atoms with Crippen molar-refractivity contribution in [2.45, 2.75) is 13.5 Å². The maximum Gasteiger partial charge on any atom is 0.257 e. The lowest BCUT2D eigenvalue weighted by atomic mass is 10.1. The largest absolute Gasteiger partial charge is 0.493 e. The molecular weight excluding hydrogens is 270 g/mol. The molecule has 2 rings (SSSR count). The van der Waals surface area contributed by atoms with E-state index in [1.54, 1.807) is 32.4 Å². The molecule has 2 aromatic rings. The highest BCUT2D eigenvalue weighted by Crippen LogP contribution is 2.28. The van der Waals surface area contributed by atoms with E-state index in [0.29, 0.717) is 23.6 Å². The van der Waals surface area contributed by atoms with Crippen LogP contribution in [0.2, 0.25) is 0 Å². The Bertz CT molecular complexity index is 637. The minimum absolute atomic E-state index is 0.0731. The molecule has 0 saturated carbocycles. The van der Waals surface area contributed by atoms with Crippen LogP contribution < -0.4 is 9.47 Å². The fourth-order valence-electron chi connectivity index (χ4n) is 2.10. The van der Waals surface area contributed by atoms with E-state index in [-0.39, 0.29) is 5.91 Å². The third-order valence-electron chi connectivity index (χ3n) is 3.27. The summed E-state index contributed by atoms with van der Waals surface area (Å²) < 4.78 is 10.5. The van der Waals surface area contributed by atoms with Gasteiger partial charge in [-0.05, 0) is 24.6 Å². The fraction of sp³-hybridized carbons (Fsp3) is 0.333. The van der Waals surface area contributed by atoms with Crippen LogP contribution in [-0.2, 0) is 6.54 Å². The van der Waals surface area contributed by atoms with Crippen molar-refractivity contribution < 1.29 is 14.3 Å². The Morgan fingerprint density at radius 2 is 2.00 bits per heavy atom. The molecule has 0 radical (unpaired) electrons. The molecule has 0 saturated heterocycles. The summed E-state index contributed by atoms with van der Waals surface area (Å²) in [5.74, 6) is 1.24. The van der Waals surface area contributed by atoms with Crippen molar-refractivity contribution in [1.82, 2.24) is 15.1 Å². The molecule has 6 heteroatoms. The topological polar surface area (TPSA) is 67.5 Å². The smallest absolute Gasteiger partial charge is 0.257 e. The zero-order chi connectivity index (χ0) is 15.4. The zero-order valence-electron chi connectivity index (χ0n) is 12.6. The van der Waals surface area contributed by atoms with E-state index in [4.69, 9.17) is 9.47 Å². The van der Waals surface area contributed by atoms with Gasteiger partial charge in [0.15, 0.2) is 11.5 Å². The first-order valence-electron chi connectivity index (χ1n) is 6.53. The molecule has 1 heterocycles. The number of aromatic amines is 1. The van der Waals surface area contributed by atoms with Gasteiger partial charge in [-0.25, -0.2) is 0 Å². The summed E-state index contributed by atoms with van der Waals surface area (Å²) in [5.41, 5.74) is 2.31. The first-order chi connectivity index (χ1) is 10.1. The van der Waals surface area contributed by atoms with Crippen molar-refractivity contribution in [2.75, 3.05) is 21.3 Å². The van der Waals surface area contributed by atoms with E-state index in [1.807, 2.05) is 25.1 Å². The van der Waals surface area contributed by atoms with E-state index in [2.05, 4.69) is 10.2 Å². The molecule has 0 spiro atoms. The molecule has 1 N–H and O–H groups in total. The molecule has 0 aliphatic heterocycles. The van der Waals surface area contributed by atoms with Gasteiger partial charge in [-0.2, -0.15) is 5.10 Å². The molecule has 0 atom stereocenters. The maximum atomic E-state index is 12.3. The van der Waals surface area contributed by atoms with E-state index in [0.717, 1.165) is 11.3 Å². The average molecular weight is 289 g/mol. The van der Waals surface area contributed by atoms with Gasteiger partial charge in [-0.3, -0.25) is 9.89 Å². The number of benzene rings is 1. The molecule has 112 valence electrons. The number of carbonyl (C=O) groups excluding carboxylic acids is 1. The van der Waals surface area contributed by atoms with Gasteiger partial charge in [0.25, 0.3) is 5.91 Å². The SMILES string of the molecule is COc1ccc(CN(C)C(=O)c2cn[nH]c2C)cc1OC. The molecule has 0 fully saturated rings. The molecule has 21 heavy (non-hydrogen) atoms. The summed E-state index contributed by atoms with van der Waals surface area (Å²) >= 11 is 0. The number of aryl methyl sites for hydroxylation is 1. The lowest BCUT2D eigenvalue weighted by Crippen LogP contribution is -2.26. The van der Waals surface area contributed by atoms with Gasteiger partial charge in [0.05, 0.1) is 26.0 Å². The van der Waals surface area contributed by atoms with Crippen LogP contribution in [0, 0.1) is 6.92 Å². The highest BCUT2D eigenvalue weighted by atomic mass is 16.5. The molecule has 1 amide bonds. The number of nitrogens with one attached hydrogen (secondary N) is 1. The second kappa shape index (κ2) is 6.30. The van der Waals surface area contributed by atoms with Gasteiger partial charge in [0, 0.05) is 19.3 Å². The average Bonchev–Trinajstić information content (AvgIpc) is 2.92. The number of H-pyrrole nitrogens is 1. The number of rotatable bonds is 5. The highest BCUT2D eigenvalue weighted by molar-refractivity contribution is 5.94. The van der Waals surface area contributed by atoms with Crippen LogP contribution in [0.3, 0.4) is 0 Å². The van der Waals surface area contributed by atoms with Crippen molar-refractivity contribution in [2.24, 2.45) is 0 Å². The molecule has 6 nitrogen and oxygen atoms in total. The van der Waals surface area contributed by atoms with Crippen LogP contribution in [0.25, 0.3) is 0 Å². The van der Waals surface area contributed by atoms with Crippen molar-refractivity contribution >= 4 is 5.91 Å². The standard InChI is InChI=1S/C15H19N3O3/c1-10-12(8-16-17-10)15(19)18(2)9-11-5-6-13(20-3)14(7-11)21-4/h5-8H,9H2,1-4H3,(H,16,17). The molecule has 1 aromatic carbocycles. The Kier molecular flexibility index (Phi) is 4.47. The molecule has 0 unspecified atom stereocenters. The quantitative estimate of drug-likeness (QED) is 0.914. The Labute approximate surface area is 123 Å². The van der Waals surface area contributed by atoms with E-state index < -0.39 is 0 Å². The molecule has 0 bridgehead atoms. The van der Waals surface area contributed by atoms with E-state index in [9.17, 15) is 4.79 Å². The minimum atomic E-state index is -0.0731. The number of nitrogens with zero attached hydrogens (tertiary/aromatic N) is 2. The fourth-order valence-corrected chi connectivity index (χ4v) is 2.10. The van der Waals surface area contributed by atoms with Crippen molar-refractivity contribution in [3.8, 4) is 11.5 Å². The van der Waals surface area contributed by atoms with Gasteiger partial charge >= 0.3 is 0 Å². The number of methoxy groups -OCH3 is 2. The summed E-state index contributed by atoms with van der Waals surface area (Å²) in [4.78, 5) is 14.0. The first-order valence-corrected chi connectivity index (χ1v) is 6.53. The van der Waals surface area contributed by atoms with Gasteiger partial charge in [0.1, 0.15) is 0 Å².